The van der Waals surface area contributed by atoms with Crippen LogP contribution in [0.15, 0.2) is 18.3 Å². The van der Waals surface area contributed by atoms with E-state index in [1.54, 1.807) is 0 Å². The Morgan fingerprint density at radius 2 is 2.16 bits per heavy atom. The van der Waals surface area contributed by atoms with Gasteiger partial charge in [0.1, 0.15) is 11.9 Å². The molecule has 6 nitrogen and oxygen atoms in total. The Hall–Kier alpha value is -2.11. The monoisotopic (exact) mass is 266 g/mol. The standard InChI is InChI=1S/C13H18N2O4/c1-8(2)6-10(12(16)17)15-11-7-9(4-5-14-11)13(18)19-3/h4-5,7-8,10H,6H2,1-3H3,(H,14,15)(H,16,17). The summed E-state index contributed by atoms with van der Waals surface area (Å²) in [7, 11) is 1.29. The molecule has 1 aromatic heterocycles. The average Bonchev–Trinajstić information content (AvgIpc) is 2.36. The maximum Gasteiger partial charge on any atom is 0.338 e. The minimum absolute atomic E-state index is 0.234. The number of nitrogens with zero attached hydrogens (tertiary/aromatic N) is 1. The number of carboxylic acid groups (broad SMARTS) is 1. The van der Waals surface area contributed by atoms with Crippen LogP contribution >= 0.6 is 0 Å². The fourth-order valence-corrected chi connectivity index (χ4v) is 1.63. The van der Waals surface area contributed by atoms with Crippen molar-refractivity contribution < 1.29 is 19.4 Å². The lowest BCUT2D eigenvalue weighted by atomic mass is 10.0. The molecule has 0 aliphatic rings. The first-order chi connectivity index (χ1) is 8.93. The van der Waals surface area contributed by atoms with Gasteiger partial charge in [0.05, 0.1) is 12.7 Å². The van der Waals surface area contributed by atoms with E-state index in [9.17, 15) is 9.59 Å². The van der Waals surface area contributed by atoms with Crippen LogP contribution in [0, 0.1) is 5.92 Å². The zero-order valence-corrected chi connectivity index (χ0v) is 11.2. The highest BCUT2D eigenvalue weighted by Gasteiger charge is 2.19. The van der Waals surface area contributed by atoms with E-state index in [1.807, 2.05) is 13.8 Å². The summed E-state index contributed by atoms with van der Waals surface area (Å²) >= 11 is 0. The number of aromatic nitrogens is 1. The summed E-state index contributed by atoms with van der Waals surface area (Å²) in [4.78, 5) is 26.5. The molecule has 0 spiro atoms. The maximum absolute atomic E-state index is 11.4. The van der Waals surface area contributed by atoms with Crippen molar-refractivity contribution in [3.05, 3.63) is 23.9 Å². The van der Waals surface area contributed by atoms with Crippen LogP contribution in [0.2, 0.25) is 0 Å². The molecule has 0 saturated carbocycles. The summed E-state index contributed by atoms with van der Waals surface area (Å²) in [5, 5.41) is 11.9. The highest BCUT2D eigenvalue weighted by Crippen LogP contribution is 2.13. The predicted molar refractivity (Wildman–Crippen MR) is 70.1 cm³/mol. The zero-order chi connectivity index (χ0) is 14.4. The second-order valence-electron chi connectivity index (χ2n) is 4.59. The first kappa shape index (κ1) is 14.9. The Morgan fingerprint density at radius 1 is 1.47 bits per heavy atom. The van der Waals surface area contributed by atoms with Crippen molar-refractivity contribution in [1.29, 1.82) is 0 Å². The lowest BCUT2D eigenvalue weighted by Crippen LogP contribution is -2.31. The van der Waals surface area contributed by atoms with Crippen molar-refractivity contribution in [2.24, 2.45) is 5.92 Å². The van der Waals surface area contributed by atoms with Crippen LogP contribution in [0.25, 0.3) is 0 Å². The summed E-state index contributed by atoms with van der Waals surface area (Å²) in [6.07, 6.45) is 1.91. The first-order valence-corrected chi connectivity index (χ1v) is 5.97. The molecule has 6 heteroatoms. The number of hydrogen-bond acceptors (Lipinski definition) is 5. The van der Waals surface area contributed by atoms with Gasteiger partial charge < -0.3 is 15.2 Å². The molecule has 1 atom stereocenters. The Labute approximate surface area is 111 Å². The molecule has 19 heavy (non-hydrogen) atoms. The van der Waals surface area contributed by atoms with Gasteiger partial charge in [0.15, 0.2) is 0 Å². The van der Waals surface area contributed by atoms with Gasteiger partial charge in [-0.05, 0) is 24.5 Å². The second-order valence-corrected chi connectivity index (χ2v) is 4.59. The van der Waals surface area contributed by atoms with E-state index in [2.05, 4.69) is 15.0 Å². The zero-order valence-electron chi connectivity index (χ0n) is 11.2. The molecular formula is C13H18N2O4. The number of ether oxygens (including phenoxy) is 1. The predicted octanol–water partition coefficient (Wildman–Crippen LogP) is 1.78. The number of rotatable bonds is 6. The summed E-state index contributed by atoms with van der Waals surface area (Å²) < 4.78 is 4.60. The number of carboxylic acids is 1. The van der Waals surface area contributed by atoms with Crippen LogP contribution in [0.5, 0.6) is 0 Å². The third-order valence-electron chi connectivity index (χ3n) is 2.51. The van der Waals surface area contributed by atoms with Crippen LogP contribution in [0.1, 0.15) is 30.6 Å². The number of esters is 1. The van der Waals surface area contributed by atoms with E-state index >= 15 is 0 Å². The molecule has 0 amide bonds. The molecule has 0 aliphatic heterocycles. The smallest absolute Gasteiger partial charge is 0.338 e. The third kappa shape index (κ3) is 4.57. The molecule has 1 unspecified atom stereocenters. The molecule has 0 bridgehead atoms. The molecular weight excluding hydrogens is 248 g/mol. The number of pyridine rings is 1. The van der Waals surface area contributed by atoms with E-state index in [0.717, 1.165) is 0 Å². The Bertz CT molecular complexity index is 460. The molecule has 0 fully saturated rings. The molecule has 1 rings (SSSR count). The topological polar surface area (TPSA) is 88.5 Å². The molecule has 1 heterocycles. The SMILES string of the molecule is COC(=O)c1ccnc(NC(CC(C)C)C(=O)O)c1. The first-order valence-electron chi connectivity index (χ1n) is 5.97. The van der Waals surface area contributed by atoms with Crippen molar-refractivity contribution in [3.8, 4) is 0 Å². The third-order valence-corrected chi connectivity index (χ3v) is 2.51. The Morgan fingerprint density at radius 3 is 2.68 bits per heavy atom. The average molecular weight is 266 g/mol. The molecule has 0 radical (unpaired) electrons. The summed E-state index contributed by atoms with van der Waals surface area (Å²) in [6.45, 7) is 3.88. The highest BCUT2D eigenvalue weighted by atomic mass is 16.5. The van der Waals surface area contributed by atoms with Crippen molar-refractivity contribution in [3.63, 3.8) is 0 Å². The van der Waals surface area contributed by atoms with Gasteiger partial charge in [-0.25, -0.2) is 14.6 Å². The van der Waals surface area contributed by atoms with Crippen LogP contribution in [-0.2, 0) is 9.53 Å². The van der Waals surface area contributed by atoms with Gasteiger partial charge in [0.2, 0.25) is 0 Å². The van der Waals surface area contributed by atoms with Gasteiger partial charge in [-0.3, -0.25) is 0 Å². The van der Waals surface area contributed by atoms with Crippen molar-refractivity contribution >= 4 is 17.8 Å². The van der Waals surface area contributed by atoms with E-state index in [-0.39, 0.29) is 5.92 Å². The van der Waals surface area contributed by atoms with Gasteiger partial charge in [0, 0.05) is 6.20 Å². The van der Waals surface area contributed by atoms with E-state index in [1.165, 1.54) is 25.4 Å². The van der Waals surface area contributed by atoms with E-state index in [4.69, 9.17) is 5.11 Å². The number of methoxy groups -OCH3 is 1. The second kappa shape index (κ2) is 6.72. The molecule has 0 aromatic carbocycles. The van der Waals surface area contributed by atoms with Crippen LogP contribution < -0.4 is 5.32 Å². The fraction of sp³-hybridized carbons (Fsp3) is 0.462. The summed E-state index contributed by atoms with van der Waals surface area (Å²) in [5.74, 6) is -0.853. The number of carbonyl (C=O) groups excluding carboxylic acids is 1. The van der Waals surface area contributed by atoms with Gasteiger partial charge in [-0.15, -0.1) is 0 Å². The molecule has 0 saturated heterocycles. The molecule has 1 aromatic rings. The van der Waals surface area contributed by atoms with Gasteiger partial charge in [-0.1, -0.05) is 13.8 Å². The van der Waals surface area contributed by atoms with Crippen molar-refractivity contribution in [2.45, 2.75) is 26.3 Å². The number of aliphatic carboxylic acids is 1. The Kier molecular flexibility index (Phi) is 5.29. The molecule has 2 N–H and O–H groups in total. The van der Waals surface area contributed by atoms with Gasteiger partial charge >= 0.3 is 11.9 Å². The summed E-state index contributed by atoms with van der Waals surface area (Å²) in [6, 6.07) is 2.25. The highest BCUT2D eigenvalue weighted by molar-refractivity contribution is 5.90. The number of hydrogen-bond donors (Lipinski definition) is 2. The largest absolute Gasteiger partial charge is 0.480 e. The van der Waals surface area contributed by atoms with Gasteiger partial charge in [-0.2, -0.15) is 0 Å². The summed E-state index contributed by atoms with van der Waals surface area (Å²) in [5.41, 5.74) is 0.327. The fourth-order valence-electron chi connectivity index (χ4n) is 1.63. The molecule has 0 aliphatic carbocycles. The minimum Gasteiger partial charge on any atom is -0.480 e. The lowest BCUT2D eigenvalue weighted by molar-refractivity contribution is -0.138. The number of nitrogens with one attached hydrogen (secondary N) is 1. The quantitative estimate of drug-likeness (QED) is 0.763. The lowest BCUT2D eigenvalue weighted by Gasteiger charge is -2.17. The number of anilines is 1. The van der Waals surface area contributed by atoms with Crippen LogP contribution in [0.3, 0.4) is 0 Å². The minimum atomic E-state index is -0.945. The van der Waals surface area contributed by atoms with Crippen LogP contribution in [0.4, 0.5) is 5.82 Å². The van der Waals surface area contributed by atoms with E-state index in [0.29, 0.717) is 17.8 Å². The van der Waals surface area contributed by atoms with Crippen LogP contribution in [-0.4, -0.2) is 35.2 Å². The number of carbonyl (C=O) groups is 2. The maximum atomic E-state index is 11.4. The van der Waals surface area contributed by atoms with E-state index < -0.39 is 18.0 Å². The van der Waals surface area contributed by atoms with Crippen molar-refractivity contribution in [2.75, 3.05) is 12.4 Å². The Balaban J connectivity index is 2.84. The molecule has 104 valence electrons. The normalized spacial score (nSPS) is 12.0. The van der Waals surface area contributed by atoms with Gasteiger partial charge in [0.25, 0.3) is 0 Å². The van der Waals surface area contributed by atoms with Crippen molar-refractivity contribution in [1.82, 2.24) is 4.98 Å².